The third kappa shape index (κ3) is 5.01. The van der Waals surface area contributed by atoms with Gasteiger partial charge in [0, 0.05) is 35.7 Å². The number of hydrogen-bond donors (Lipinski definition) is 3. The minimum atomic E-state index is -0.531. The first-order chi connectivity index (χ1) is 17.3. The second-order valence-electron chi connectivity index (χ2n) is 9.52. The maximum absolute atomic E-state index is 14.4. The van der Waals surface area contributed by atoms with Crippen molar-refractivity contribution in [1.29, 1.82) is 0 Å². The van der Waals surface area contributed by atoms with Crippen LogP contribution >= 0.6 is 11.8 Å². The molecule has 3 heterocycles. The third-order valence-electron chi connectivity index (χ3n) is 7.00. The zero-order valence-corrected chi connectivity index (χ0v) is 21.0. The molecule has 0 saturated heterocycles. The van der Waals surface area contributed by atoms with Crippen LogP contribution in [0.1, 0.15) is 38.3 Å². The Hall–Kier alpha value is -3.24. The number of halogens is 1. The van der Waals surface area contributed by atoms with E-state index >= 15 is 0 Å². The highest BCUT2D eigenvalue weighted by Crippen LogP contribution is 2.38. The molecule has 2 aromatic heterocycles. The fraction of sp³-hybridized carbons (Fsp3) is 0.385. The summed E-state index contributed by atoms with van der Waals surface area (Å²) in [6.45, 7) is 2.58. The number of pyridine rings is 2. The molecule has 0 bridgehead atoms. The van der Waals surface area contributed by atoms with Crippen LogP contribution in [0.15, 0.2) is 41.4 Å². The summed E-state index contributed by atoms with van der Waals surface area (Å²) in [6.07, 6.45) is 4.64. The number of amides is 2. The summed E-state index contributed by atoms with van der Waals surface area (Å²) in [4.78, 5) is 34.6. The number of carbonyl (C=O) groups excluding carboxylic acids is 2. The summed E-state index contributed by atoms with van der Waals surface area (Å²) >= 11 is 1.50. The number of thioether (sulfide) groups is 1. The number of aromatic nitrogens is 2. The minimum Gasteiger partial charge on any atom is -0.497 e. The van der Waals surface area contributed by atoms with Crippen molar-refractivity contribution < 1.29 is 18.7 Å². The van der Waals surface area contributed by atoms with Gasteiger partial charge in [0.2, 0.25) is 11.8 Å². The summed E-state index contributed by atoms with van der Waals surface area (Å²) in [5.41, 5.74) is 1.06. The molecule has 3 N–H and O–H groups in total. The van der Waals surface area contributed by atoms with Crippen molar-refractivity contribution in [2.45, 2.75) is 50.1 Å². The number of ether oxygens (including phenoxy) is 1. The molecule has 1 aromatic carbocycles. The summed E-state index contributed by atoms with van der Waals surface area (Å²) in [6, 6.07) is 8.90. The lowest BCUT2D eigenvalue weighted by atomic mass is 9.73. The van der Waals surface area contributed by atoms with Gasteiger partial charge in [0.15, 0.2) is 5.82 Å². The van der Waals surface area contributed by atoms with E-state index in [-0.39, 0.29) is 23.4 Å². The van der Waals surface area contributed by atoms with Crippen LogP contribution in [0.5, 0.6) is 5.75 Å². The van der Waals surface area contributed by atoms with Crippen LogP contribution in [-0.4, -0.2) is 40.7 Å². The molecule has 5 rings (SSSR count). The van der Waals surface area contributed by atoms with E-state index in [2.05, 4.69) is 25.9 Å². The molecule has 1 fully saturated rings. The highest BCUT2D eigenvalue weighted by molar-refractivity contribution is 8.00. The predicted octanol–water partition coefficient (Wildman–Crippen LogP) is 4.50. The average Bonchev–Trinajstić information content (AvgIpc) is 2.88. The molecule has 0 atom stereocenters. The van der Waals surface area contributed by atoms with Gasteiger partial charge in [-0.05, 0) is 49.9 Å². The Labute approximate surface area is 212 Å². The number of carbonyl (C=O) groups is 2. The molecule has 0 radical (unpaired) electrons. The average molecular weight is 510 g/mol. The second kappa shape index (κ2) is 10.0. The number of methoxy groups -OCH3 is 1. The third-order valence-corrected chi connectivity index (χ3v) is 8.04. The topological polar surface area (TPSA) is 105 Å². The van der Waals surface area contributed by atoms with Gasteiger partial charge in [-0.2, -0.15) is 0 Å². The highest BCUT2D eigenvalue weighted by atomic mass is 32.2. The van der Waals surface area contributed by atoms with Crippen molar-refractivity contribution in [3.63, 3.8) is 0 Å². The Morgan fingerprint density at radius 1 is 1.28 bits per heavy atom. The largest absolute Gasteiger partial charge is 0.497 e. The Bertz CT molecular complexity index is 1330. The molecule has 3 aromatic rings. The number of nitrogens with one attached hydrogen (secondary N) is 3. The Morgan fingerprint density at radius 3 is 2.86 bits per heavy atom. The van der Waals surface area contributed by atoms with E-state index in [9.17, 15) is 14.0 Å². The van der Waals surface area contributed by atoms with Gasteiger partial charge >= 0.3 is 0 Å². The number of hydrogen-bond acceptors (Lipinski definition) is 7. The highest BCUT2D eigenvalue weighted by Gasteiger charge is 2.37. The van der Waals surface area contributed by atoms with Crippen LogP contribution in [-0.2, 0) is 16.1 Å². The molecule has 2 aliphatic rings. The standard InChI is InChI=1S/C26H28FN5O3S/c1-26(25(34)31-20-7-10-28-23-18(20)11-17(35-2)12-19(23)27)8-5-15(6-9-26)29-13-16-3-4-21-24(30-16)32-22(33)14-36-21/h3-4,7,10-12,15,29H,5-6,8-9,13-14H2,1-2H3,(H,28,31,34)(H,30,32,33). The summed E-state index contributed by atoms with van der Waals surface area (Å²) in [7, 11) is 1.47. The van der Waals surface area contributed by atoms with Gasteiger partial charge in [0.05, 0.1) is 29.1 Å². The molecule has 1 aliphatic heterocycles. The number of nitrogens with zero attached hydrogens (tertiary/aromatic N) is 2. The number of benzene rings is 1. The minimum absolute atomic E-state index is 0.0287. The Morgan fingerprint density at radius 2 is 2.08 bits per heavy atom. The molecule has 2 amide bonds. The lowest BCUT2D eigenvalue weighted by Crippen LogP contribution is -2.42. The summed E-state index contributed by atoms with van der Waals surface area (Å²) in [5.74, 6) is 0.817. The predicted molar refractivity (Wildman–Crippen MR) is 138 cm³/mol. The summed E-state index contributed by atoms with van der Waals surface area (Å²) < 4.78 is 19.6. The van der Waals surface area contributed by atoms with E-state index in [0.717, 1.165) is 36.3 Å². The van der Waals surface area contributed by atoms with E-state index in [1.807, 2.05) is 19.1 Å². The first-order valence-corrected chi connectivity index (χ1v) is 12.9. The number of fused-ring (bicyclic) bond motifs is 2. The monoisotopic (exact) mass is 509 g/mol. The quantitative estimate of drug-likeness (QED) is 0.449. The number of rotatable bonds is 6. The van der Waals surface area contributed by atoms with Crippen molar-refractivity contribution >= 4 is 46.0 Å². The van der Waals surface area contributed by atoms with Gasteiger partial charge in [-0.3, -0.25) is 14.6 Å². The van der Waals surface area contributed by atoms with Gasteiger partial charge in [-0.25, -0.2) is 9.37 Å². The first-order valence-electron chi connectivity index (χ1n) is 11.9. The molecule has 0 unspecified atom stereocenters. The molecule has 188 valence electrons. The molecule has 0 spiro atoms. The first kappa shape index (κ1) is 24.5. The Balaban J connectivity index is 1.20. The van der Waals surface area contributed by atoms with Gasteiger partial charge < -0.3 is 20.7 Å². The van der Waals surface area contributed by atoms with E-state index in [0.29, 0.717) is 34.9 Å². The van der Waals surface area contributed by atoms with E-state index in [1.54, 1.807) is 12.1 Å². The zero-order chi connectivity index (χ0) is 25.3. The van der Waals surface area contributed by atoms with Crippen LogP contribution in [0, 0.1) is 11.2 Å². The second-order valence-corrected chi connectivity index (χ2v) is 10.5. The van der Waals surface area contributed by atoms with Crippen molar-refractivity contribution in [1.82, 2.24) is 15.3 Å². The van der Waals surface area contributed by atoms with Crippen LogP contribution in [0.25, 0.3) is 10.9 Å². The van der Waals surface area contributed by atoms with E-state index in [1.165, 1.54) is 31.1 Å². The van der Waals surface area contributed by atoms with Gasteiger partial charge in [0.25, 0.3) is 0 Å². The van der Waals surface area contributed by atoms with Crippen LogP contribution in [0.4, 0.5) is 15.9 Å². The fourth-order valence-electron chi connectivity index (χ4n) is 4.72. The van der Waals surface area contributed by atoms with E-state index in [4.69, 9.17) is 4.74 Å². The molecule has 1 saturated carbocycles. The fourth-order valence-corrected chi connectivity index (χ4v) is 5.48. The van der Waals surface area contributed by atoms with Crippen molar-refractivity contribution in [3.8, 4) is 5.75 Å². The molecule has 8 nitrogen and oxygen atoms in total. The molecule has 1 aliphatic carbocycles. The van der Waals surface area contributed by atoms with Crippen LogP contribution in [0.2, 0.25) is 0 Å². The maximum atomic E-state index is 14.4. The summed E-state index contributed by atoms with van der Waals surface area (Å²) in [5, 5.41) is 9.89. The molecule has 10 heteroatoms. The van der Waals surface area contributed by atoms with Crippen LogP contribution in [0.3, 0.4) is 0 Å². The van der Waals surface area contributed by atoms with Crippen molar-refractivity contribution in [3.05, 3.63) is 48.0 Å². The van der Waals surface area contributed by atoms with Gasteiger partial charge in [0.1, 0.15) is 17.1 Å². The van der Waals surface area contributed by atoms with Crippen LogP contribution < -0.4 is 20.7 Å². The molecular formula is C26H28FN5O3S. The number of anilines is 2. The maximum Gasteiger partial charge on any atom is 0.235 e. The SMILES string of the molecule is COc1cc(F)c2nccc(NC(=O)C3(C)CCC(NCc4ccc5c(n4)NC(=O)CS5)CC3)c2c1. The van der Waals surface area contributed by atoms with Gasteiger partial charge in [-0.1, -0.05) is 6.92 Å². The van der Waals surface area contributed by atoms with Crippen molar-refractivity contribution in [2.75, 3.05) is 23.5 Å². The lowest BCUT2D eigenvalue weighted by Gasteiger charge is -2.36. The van der Waals surface area contributed by atoms with E-state index < -0.39 is 11.2 Å². The molecular weight excluding hydrogens is 481 g/mol. The van der Waals surface area contributed by atoms with Crippen molar-refractivity contribution in [2.24, 2.45) is 5.41 Å². The normalized spacial score (nSPS) is 21.5. The zero-order valence-electron chi connectivity index (χ0n) is 20.2. The Kier molecular flexibility index (Phi) is 6.81. The lowest BCUT2D eigenvalue weighted by molar-refractivity contribution is -0.126. The molecule has 36 heavy (non-hydrogen) atoms. The van der Waals surface area contributed by atoms with Gasteiger partial charge in [-0.15, -0.1) is 11.8 Å². The smallest absolute Gasteiger partial charge is 0.235 e.